The molecule has 3 aromatic carbocycles. The van der Waals surface area contributed by atoms with Crippen LogP contribution in [0, 0.1) is 0 Å². The number of aromatic nitrogens is 4. The van der Waals surface area contributed by atoms with Crippen molar-refractivity contribution in [1.82, 2.24) is 19.7 Å². The Kier molecular flexibility index (Phi) is 8.07. The van der Waals surface area contributed by atoms with Crippen LogP contribution in [0.3, 0.4) is 0 Å². The van der Waals surface area contributed by atoms with E-state index in [-0.39, 0.29) is 10.8 Å². The van der Waals surface area contributed by atoms with Crippen LogP contribution in [-0.2, 0) is 25.0 Å². The summed E-state index contributed by atoms with van der Waals surface area (Å²) in [6.07, 6.45) is 0.659. The number of benzene rings is 3. The third-order valence-corrected chi connectivity index (χ3v) is 8.95. The first-order valence-electron chi connectivity index (χ1n) is 14.6. The van der Waals surface area contributed by atoms with Gasteiger partial charge in [0.15, 0.2) is 0 Å². The average Bonchev–Trinajstić information content (AvgIpc) is 3.54. The van der Waals surface area contributed by atoms with Crippen molar-refractivity contribution in [2.24, 2.45) is 0 Å². The molecule has 3 aromatic heterocycles. The number of anilines is 1. The number of thioether (sulfide) groups is 1. The molecule has 6 aromatic rings. The Morgan fingerprint density at radius 1 is 0.932 bits per heavy atom. The second kappa shape index (κ2) is 11.8. The Hall–Kier alpha value is -4.01. The van der Waals surface area contributed by atoms with Crippen molar-refractivity contribution < 1.29 is 9.15 Å². The zero-order valence-electron chi connectivity index (χ0n) is 25.6. The molecule has 0 unspecified atom stereocenters. The number of rotatable bonds is 9. The van der Waals surface area contributed by atoms with E-state index in [1.807, 2.05) is 54.2 Å². The molecule has 0 fully saturated rings. The summed E-state index contributed by atoms with van der Waals surface area (Å²) >= 11 is 8.09. The van der Waals surface area contributed by atoms with Crippen molar-refractivity contribution >= 4 is 51.2 Å². The van der Waals surface area contributed by atoms with Crippen molar-refractivity contribution in [3.63, 3.8) is 0 Å². The van der Waals surface area contributed by atoms with Crippen LogP contribution >= 0.6 is 23.4 Å². The van der Waals surface area contributed by atoms with E-state index in [1.165, 1.54) is 10.6 Å². The molecule has 0 spiro atoms. The van der Waals surface area contributed by atoms with Crippen LogP contribution in [0.25, 0.3) is 21.8 Å². The van der Waals surface area contributed by atoms with E-state index in [4.69, 9.17) is 31.5 Å². The second-order valence-corrected chi connectivity index (χ2v) is 14.9. The molecule has 9 heteroatoms. The first kappa shape index (κ1) is 30.0. The molecule has 44 heavy (non-hydrogen) atoms. The van der Waals surface area contributed by atoms with Gasteiger partial charge < -0.3 is 19.5 Å². The molecule has 0 radical (unpaired) electrons. The van der Waals surface area contributed by atoms with Crippen molar-refractivity contribution in [2.75, 3.05) is 5.73 Å². The molecule has 2 N–H and O–H groups in total. The summed E-state index contributed by atoms with van der Waals surface area (Å²) in [6.45, 7) is 12.0. The molecule has 226 valence electrons. The van der Waals surface area contributed by atoms with Crippen molar-refractivity contribution in [2.45, 2.75) is 69.2 Å². The number of hydrogen-bond donors (Lipinski definition) is 1. The van der Waals surface area contributed by atoms with E-state index in [2.05, 4.69) is 85.8 Å². The largest absolute Gasteiger partial charge is 0.487 e. The topological polar surface area (TPSA) is 92.0 Å². The molecule has 6 rings (SSSR count). The van der Waals surface area contributed by atoms with Gasteiger partial charge in [0.05, 0.1) is 11.2 Å². The highest BCUT2D eigenvalue weighted by atomic mass is 35.5. The van der Waals surface area contributed by atoms with Gasteiger partial charge in [0, 0.05) is 55.0 Å². The lowest BCUT2D eigenvalue weighted by Crippen LogP contribution is -2.24. The van der Waals surface area contributed by atoms with E-state index in [0.717, 1.165) is 38.8 Å². The number of nitrogens with zero attached hydrogens (tertiary/aromatic N) is 4. The molecular weight excluding hydrogens is 590 g/mol. The maximum atomic E-state index is 6.34. The molecule has 0 saturated carbocycles. The number of halogens is 1. The van der Waals surface area contributed by atoms with Gasteiger partial charge in [-0.25, -0.2) is 4.98 Å². The number of fused-ring (bicyclic) bond motifs is 2. The van der Waals surface area contributed by atoms with Crippen LogP contribution < -0.4 is 10.5 Å². The van der Waals surface area contributed by atoms with Crippen molar-refractivity contribution in [1.29, 1.82) is 0 Å². The van der Waals surface area contributed by atoms with Gasteiger partial charge in [0.25, 0.3) is 0 Å². The van der Waals surface area contributed by atoms with E-state index >= 15 is 0 Å². The minimum atomic E-state index is -0.467. The molecule has 0 aliphatic carbocycles. The van der Waals surface area contributed by atoms with Gasteiger partial charge in [-0.3, -0.25) is 0 Å². The zero-order valence-corrected chi connectivity index (χ0v) is 27.2. The summed E-state index contributed by atoms with van der Waals surface area (Å²) in [5, 5.41) is 11.2. The highest BCUT2D eigenvalue weighted by molar-refractivity contribution is 8.00. The number of pyridine rings is 1. The predicted octanol–water partition coefficient (Wildman–Crippen LogP) is 8.85. The number of nitrogens with two attached hydrogens (primary N) is 1. The third kappa shape index (κ3) is 6.56. The molecule has 3 heterocycles. The summed E-state index contributed by atoms with van der Waals surface area (Å²) in [6, 6.07) is 26.7. The minimum Gasteiger partial charge on any atom is -0.487 e. The third-order valence-electron chi connectivity index (χ3n) is 7.43. The van der Waals surface area contributed by atoms with Crippen LogP contribution in [0.2, 0.25) is 5.02 Å². The summed E-state index contributed by atoms with van der Waals surface area (Å²) in [5.41, 5.74) is 10.7. The highest BCUT2D eigenvalue weighted by Crippen LogP contribution is 2.44. The number of ether oxygens (including phenoxy) is 1. The Bertz CT molecular complexity index is 1940. The first-order chi connectivity index (χ1) is 20.9. The molecule has 0 atom stereocenters. The SMILES string of the molecule is CC(C)(C)Sc1c(CC(C)(C)c2nnc(N)o2)n(Cc2ccc(Cl)cc2)c2ccc(OCc3ccc4ccccc4n3)cc12. The summed E-state index contributed by atoms with van der Waals surface area (Å²) < 4.78 is 14.4. The maximum absolute atomic E-state index is 6.34. The Morgan fingerprint density at radius 3 is 2.43 bits per heavy atom. The van der Waals surface area contributed by atoms with Crippen LogP contribution in [0.4, 0.5) is 6.01 Å². The molecule has 0 bridgehead atoms. The lowest BCUT2D eigenvalue weighted by Gasteiger charge is -2.25. The Morgan fingerprint density at radius 2 is 1.70 bits per heavy atom. The fourth-order valence-corrected chi connectivity index (χ4v) is 6.65. The molecule has 0 aliphatic heterocycles. The summed E-state index contributed by atoms with van der Waals surface area (Å²) in [5.74, 6) is 1.30. The van der Waals surface area contributed by atoms with E-state index < -0.39 is 5.41 Å². The van der Waals surface area contributed by atoms with Crippen LogP contribution in [0.1, 0.15) is 57.5 Å². The maximum Gasteiger partial charge on any atom is 0.312 e. The van der Waals surface area contributed by atoms with Gasteiger partial charge in [0.2, 0.25) is 5.89 Å². The lowest BCUT2D eigenvalue weighted by molar-refractivity contribution is 0.302. The number of nitrogen functional groups attached to an aromatic ring is 1. The summed E-state index contributed by atoms with van der Waals surface area (Å²) in [4.78, 5) is 5.99. The normalized spacial score (nSPS) is 12.3. The minimum absolute atomic E-state index is 0.0426. The molecule has 0 saturated heterocycles. The Labute approximate surface area is 266 Å². The predicted molar refractivity (Wildman–Crippen MR) is 180 cm³/mol. The molecular formula is C35H36ClN5O2S. The van der Waals surface area contributed by atoms with Crippen LogP contribution in [0.15, 0.2) is 88.2 Å². The molecule has 0 aliphatic rings. The zero-order chi connectivity index (χ0) is 31.1. The highest BCUT2D eigenvalue weighted by Gasteiger charge is 2.33. The van der Waals surface area contributed by atoms with E-state index in [9.17, 15) is 0 Å². The van der Waals surface area contributed by atoms with Crippen molar-refractivity contribution in [3.8, 4) is 5.75 Å². The quantitative estimate of drug-likeness (QED) is 0.160. The van der Waals surface area contributed by atoms with Crippen LogP contribution in [-0.4, -0.2) is 24.5 Å². The molecule has 0 amide bonds. The summed E-state index contributed by atoms with van der Waals surface area (Å²) in [7, 11) is 0. The fourth-order valence-electron chi connectivity index (χ4n) is 5.34. The standard InChI is InChI=1S/C35H36ClN5O2S/c1-34(2,3)44-31-27-18-26(42-21-25-15-12-23-8-6-7-9-28(23)38-25)16-17-29(27)41(20-22-10-13-24(36)14-11-22)30(31)19-35(4,5)32-39-40-33(37)43-32/h6-18H,19-21H2,1-5H3,(H2,37,40). The second-order valence-electron chi connectivity index (χ2n) is 12.7. The van der Waals surface area contributed by atoms with E-state index in [1.54, 1.807) is 0 Å². The van der Waals surface area contributed by atoms with Gasteiger partial charge in [0.1, 0.15) is 12.4 Å². The van der Waals surface area contributed by atoms with E-state index in [0.29, 0.717) is 30.5 Å². The van der Waals surface area contributed by atoms with Gasteiger partial charge >= 0.3 is 6.01 Å². The monoisotopic (exact) mass is 625 g/mol. The lowest BCUT2D eigenvalue weighted by atomic mass is 9.87. The van der Waals surface area contributed by atoms with Gasteiger partial charge in [-0.15, -0.1) is 16.9 Å². The van der Waals surface area contributed by atoms with Gasteiger partial charge in [-0.2, -0.15) is 0 Å². The number of para-hydroxylation sites is 1. The van der Waals surface area contributed by atoms with Gasteiger partial charge in [-0.1, -0.05) is 87.7 Å². The first-order valence-corrected chi connectivity index (χ1v) is 15.8. The van der Waals surface area contributed by atoms with Gasteiger partial charge in [-0.05, 0) is 48.0 Å². The Balaban J connectivity index is 1.43. The molecule has 7 nitrogen and oxygen atoms in total. The van der Waals surface area contributed by atoms with Crippen LogP contribution in [0.5, 0.6) is 5.75 Å². The van der Waals surface area contributed by atoms with Crippen molar-refractivity contribution in [3.05, 3.63) is 107 Å². The smallest absolute Gasteiger partial charge is 0.312 e. The average molecular weight is 626 g/mol. The number of hydrogen-bond acceptors (Lipinski definition) is 7. The fraction of sp³-hybridized carbons (Fsp3) is 0.286.